The number of aromatic amines is 1. The molecule has 0 bridgehead atoms. The van der Waals surface area contributed by atoms with Gasteiger partial charge in [0.05, 0.1) is 0 Å². The van der Waals surface area contributed by atoms with Gasteiger partial charge in [0.15, 0.2) is 10.3 Å². The molecule has 8 heteroatoms. The van der Waals surface area contributed by atoms with E-state index in [4.69, 9.17) is 0 Å². The lowest BCUT2D eigenvalue weighted by molar-refractivity contribution is -0.115. The normalized spacial score (nSPS) is 11.9. The summed E-state index contributed by atoms with van der Waals surface area (Å²) >= 11 is 2.58. The number of hydrogen-bond acceptors (Lipinski definition) is 6. The molecule has 2 aromatic heterocycles. The fourth-order valence-corrected chi connectivity index (χ4v) is 3.94. The second-order valence-corrected chi connectivity index (χ2v) is 7.52. The van der Waals surface area contributed by atoms with Crippen molar-refractivity contribution in [3.63, 3.8) is 0 Å². The predicted molar refractivity (Wildman–Crippen MR) is 105 cm³/mol. The SMILES string of the molecule is CCCc1cc(=O)[nH]c(S[C@H](C(=O)Nc2nccs2)c2ccccc2)n1. The van der Waals surface area contributed by atoms with Crippen LogP contribution < -0.4 is 10.9 Å². The molecule has 0 unspecified atom stereocenters. The highest BCUT2D eigenvalue weighted by atomic mass is 32.2. The zero-order valence-electron chi connectivity index (χ0n) is 14.1. The van der Waals surface area contributed by atoms with E-state index < -0.39 is 5.25 Å². The molecule has 0 spiro atoms. The highest BCUT2D eigenvalue weighted by molar-refractivity contribution is 8.00. The standard InChI is InChI=1S/C18H18N4O2S2/c1-2-6-13-11-14(23)21-18(20-13)26-15(12-7-4-3-5-8-12)16(24)22-17-19-9-10-25-17/h3-5,7-11,15H,2,6H2,1H3,(H,19,22,24)(H,20,21,23)/t15-/m0/s1. The summed E-state index contributed by atoms with van der Waals surface area (Å²) < 4.78 is 0. The lowest BCUT2D eigenvalue weighted by atomic mass is 10.1. The molecule has 2 heterocycles. The van der Waals surface area contributed by atoms with Gasteiger partial charge >= 0.3 is 0 Å². The maximum atomic E-state index is 12.8. The summed E-state index contributed by atoms with van der Waals surface area (Å²) in [5.41, 5.74) is 1.35. The van der Waals surface area contributed by atoms with Crippen LogP contribution in [0.2, 0.25) is 0 Å². The van der Waals surface area contributed by atoms with Gasteiger partial charge in [0.2, 0.25) is 5.91 Å². The molecule has 1 amide bonds. The number of amides is 1. The number of benzene rings is 1. The summed E-state index contributed by atoms with van der Waals surface area (Å²) in [6, 6.07) is 10.9. The van der Waals surface area contributed by atoms with Crippen LogP contribution in [-0.4, -0.2) is 20.9 Å². The number of carbonyl (C=O) groups excluding carboxylic acids is 1. The first-order chi connectivity index (χ1) is 12.7. The Kier molecular flexibility index (Phi) is 6.19. The molecule has 0 radical (unpaired) electrons. The summed E-state index contributed by atoms with van der Waals surface area (Å²) in [6.07, 6.45) is 3.25. The molecule has 1 aromatic carbocycles. The molecule has 0 aliphatic heterocycles. The largest absolute Gasteiger partial charge is 0.301 e. The number of carbonyl (C=O) groups is 1. The summed E-state index contributed by atoms with van der Waals surface area (Å²) in [5.74, 6) is -0.209. The van der Waals surface area contributed by atoms with Crippen molar-refractivity contribution < 1.29 is 4.79 Å². The molecular weight excluding hydrogens is 368 g/mol. The zero-order valence-corrected chi connectivity index (χ0v) is 15.8. The van der Waals surface area contributed by atoms with Crippen molar-refractivity contribution in [1.82, 2.24) is 15.0 Å². The quantitative estimate of drug-likeness (QED) is 0.478. The number of aromatic nitrogens is 3. The fourth-order valence-electron chi connectivity index (χ4n) is 2.39. The molecule has 3 aromatic rings. The van der Waals surface area contributed by atoms with Gasteiger partial charge in [-0.25, -0.2) is 9.97 Å². The molecule has 0 fully saturated rings. The van der Waals surface area contributed by atoms with Crippen molar-refractivity contribution in [2.24, 2.45) is 0 Å². The first-order valence-corrected chi connectivity index (χ1v) is 9.94. The molecule has 0 aliphatic rings. The van der Waals surface area contributed by atoms with Crippen LogP contribution in [0.1, 0.15) is 29.9 Å². The van der Waals surface area contributed by atoms with Gasteiger partial charge in [0.25, 0.3) is 5.56 Å². The average Bonchev–Trinajstić information content (AvgIpc) is 3.13. The predicted octanol–water partition coefficient (Wildman–Crippen LogP) is 3.65. The number of rotatable bonds is 7. The number of anilines is 1. The number of nitrogens with zero attached hydrogens (tertiary/aromatic N) is 2. The van der Waals surface area contributed by atoms with E-state index in [-0.39, 0.29) is 11.5 Å². The average molecular weight is 387 g/mol. The summed E-state index contributed by atoms with van der Waals surface area (Å²) in [6.45, 7) is 2.03. The Morgan fingerprint density at radius 2 is 2.15 bits per heavy atom. The van der Waals surface area contributed by atoms with Gasteiger partial charge in [-0.05, 0) is 12.0 Å². The van der Waals surface area contributed by atoms with Gasteiger partial charge < -0.3 is 10.3 Å². The van der Waals surface area contributed by atoms with E-state index in [1.165, 1.54) is 29.2 Å². The van der Waals surface area contributed by atoms with E-state index in [0.717, 1.165) is 24.1 Å². The second kappa shape index (κ2) is 8.77. The van der Waals surface area contributed by atoms with E-state index in [0.29, 0.717) is 10.3 Å². The number of aryl methyl sites for hydroxylation is 1. The minimum atomic E-state index is -0.555. The van der Waals surface area contributed by atoms with Gasteiger partial charge in [-0.3, -0.25) is 9.59 Å². The molecule has 134 valence electrons. The maximum Gasteiger partial charge on any atom is 0.251 e. The van der Waals surface area contributed by atoms with Crippen molar-refractivity contribution >= 4 is 34.1 Å². The van der Waals surface area contributed by atoms with Crippen molar-refractivity contribution in [2.45, 2.75) is 30.2 Å². The van der Waals surface area contributed by atoms with Crippen molar-refractivity contribution in [3.8, 4) is 0 Å². The van der Waals surface area contributed by atoms with Crippen LogP contribution in [0.3, 0.4) is 0 Å². The number of H-pyrrole nitrogens is 1. The lowest BCUT2D eigenvalue weighted by Gasteiger charge is -2.15. The lowest BCUT2D eigenvalue weighted by Crippen LogP contribution is -2.20. The van der Waals surface area contributed by atoms with Crippen molar-refractivity contribution in [3.05, 3.63) is 69.6 Å². The van der Waals surface area contributed by atoms with E-state index in [1.807, 2.05) is 37.3 Å². The number of thiazole rings is 1. The summed E-state index contributed by atoms with van der Waals surface area (Å²) in [7, 11) is 0. The molecular formula is C18H18N4O2S2. The summed E-state index contributed by atoms with van der Waals surface area (Å²) in [5, 5.41) is 5.04. The number of nitrogens with one attached hydrogen (secondary N) is 2. The van der Waals surface area contributed by atoms with Crippen LogP contribution in [0.4, 0.5) is 5.13 Å². The van der Waals surface area contributed by atoms with E-state index in [2.05, 4.69) is 20.3 Å². The third-order valence-corrected chi connectivity index (χ3v) is 5.34. The monoisotopic (exact) mass is 386 g/mol. The molecule has 3 rings (SSSR count). The second-order valence-electron chi connectivity index (χ2n) is 5.53. The Hall–Kier alpha value is -2.45. The Morgan fingerprint density at radius 1 is 1.35 bits per heavy atom. The highest BCUT2D eigenvalue weighted by Gasteiger charge is 2.24. The first-order valence-electron chi connectivity index (χ1n) is 8.18. The molecule has 6 nitrogen and oxygen atoms in total. The Morgan fingerprint density at radius 3 is 2.85 bits per heavy atom. The minimum Gasteiger partial charge on any atom is -0.301 e. The van der Waals surface area contributed by atoms with Gasteiger partial charge in [0, 0.05) is 23.3 Å². The Labute approximate surface area is 159 Å². The van der Waals surface area contributed by atoms with E-state index in [9.17, 15) is 9.59 Å². The topological polar surface area (TPSA) is 87.7 Å². The van der Waals surface area contributed by atoms with Gasteiger partial charge in [0.1, 0.15) is 5.25 Å². The van der Waals surface area contributed by atoms with Crippen LogP contribution in [0.5, 0.6) is 0 Å². The third kappa shape index (κ3) is 4.80. The molecule has 26 heavy (non-hydrogen) atoms. The van der Waals surface area contributed by atoms with Crippen LogP contribution in [0, 0.1) is 0 Å². The van der Waals surface area contributed by atoms with Gasteiger partial charge in [-0.2, -0.15) is 0 Å². The zero-order chi connectivity index (χ0) is 18.4. The number of thioether (sulfide) groups is 1. The summed E-state index contributed by atoms with van der Waals surface area (Å²) in [4.78, 5) is 36.0. The minimum absolute atomic E-state index is 0.209. The first kappa shape index (κ1) is 18.3. The Balaban J connectivity index is 1.89. The van der Waals surface area contributed by atoms with Crippen LogP contribution in [0.25, 0.3) is 0 Å². The van der Waals surface area contributed by atoms with Gasteiger partial charge in [-0.15, -0.1) is 11.3 Å². The van der Waals surface area contributed by atoms with E-state index in [1.54, 1.807) is 11.6 Å². The maximum absolute atomic E-state index is 12.8. The molecule has 1 atom stereocenters. The van der Waals surface area contributed by atoms with Crippen molar-refractivity contribution in [1.29, 1.82) is 0 Å². The van der Waals surface area contributed by atoms with Crippen LogP contribution >= 0.6 is 23.1 Å². The van der Waals surface area contributed by atoms with Crippen LogP contribution in [-0.2, 0) is 11.2 Å². The smallest absolute Gasteiger partial charge is 0.251 e. The highest BCUT2D eigenvalue weighted by Crippen LogP contribution is 2.34. The fraction of sp³-hybridized carbons (Fsp3) is 0.222. The molecule has 0 saturated heterocycles. The van der Waals surface area contributed by atoms with Gasteiger partial charge in [-0.1, -0.05) is 55.4 Å². The molecule has 0 saturated carbocycles. The van der Waals surface area contributed by atoms with E-state index >= 15 is 0 Å². The van der Waals surface area contributed by atoms with Crippen molar-refractivity contribution in [2.75, 3.05) is 5.32 Å². The third-order valence-electron chi connectivity index (χ3n) is 3.51. The Bertz CT molecular complexity index is 910. The number of hydrogen-bond donors (Lipinski definition) is 2. The molecule has 2 N–H and O–H groups in total. The van der Waals surface area contributed by atoms with Crippen LogP contribution in [0.15, 0.2) is 57.9 Å². The molecule has 0 aliphatic carbocycles.